The van der Waals surface area contributed by atoms with E-state index in [4.69, 9.17) is 10.5 Å². The molecule has 0 aliphatic heterocycles. The molecule has 5 heteroatoms. The molecule has 0 spiro atoms. The highest BCUT2D eigenvalue weighted by Gasteiger charge is 2.38. The van der Waals surface area contributed by atoms with Gasteiger partial charge in [-0.25, -0.2) is 4.98 Å². The minimum Gasteiger partial charge on any atom is -0.466 e. The summed E-state index contributed by atoms with van der Waals surface area (Å²) in [5, 5.41) is 1.96. The summed E-state index contributed by atoms with van der Waals surface area (Å²) in [6.45, 7) is 4.55. The van der Waals surface area contributed by atoms with Crippen LogP contribution < -0.4 is 5.73 Å². The van der Waals surface area contributed by atoms with E-state index in [1.807, 2.05) is 19.2 Å². The predicted molar refractivity (Wildman–Crippen MR) is 68.8 cm³/mol. The first-order valence-electron chi connectivity index (χ1n) is 5.93. The number of hydrogen-bond acceptors (Lipinski definition) is 5. The van der Waals surface area contributed by atoms with Crippen molar-refractivity contribution in [1.29, 1.82) is 0 Å². The summed E-state index contributed by atoms with van der Waals surface area (Å²) in [5.74, 6) is -0.197. The summed E-state index contributed by atoms with van der Waals surface area (Å²) in [7, 11) is 0. The maximum atomic E-state index is 12.1. The molecular weight excluding hydrogens is 236 g/mol. The quantitative estimate of drug-likeness (QED) is 0.758. The van der Waals surface area contributed by atoms with Gasteiger partial charge in [0.25, 0.3) is 0 Å². The zero-order chi connectivity index (χ0) is 12.7. The third-order valence-corrected chi connectivity index (χ3v) is 3.47. The third kappa shape index (κ3) is 3.51. The van der Waals surface area contributed by atoms with E-state index in [-0.39, 0.29) is 5.97 Å². The van der Waals surface area contributed by atoms with Crippen molar-refractivity contribution in [2.75, 3.05) is 13.2 Å². The average Bonchev–Trinajstić information content (AvgIpc) is 2.81. The van der Waals surface area contributed by atoms with Crippen LogP contribution in [0.5, 0.6) is 0 Å². The lowest BCUT2D eigenvalue weighted by atomic mass is 9.79. The van der Waals surface area contributed by atoms with E-state index in [1.165, 1.54) is 11.3 Å². The van der Waals surface area contributed by atoms with Crippen LogP contribution in [0.4, 0.5) is 0 Å². The molecule has 96 valence electrons. The number of aromatic nitrogens is 1. The van der Waals surface area contributed by atoms with Crippen LogP contribution in [0.1, 0.15) is 32.4 Å². The highest BCUT2D eigenvalue weighted by molar-refractivity contribution is 7.07. The largest absolute Gasteiger partial charge is 0.466 e. The monoisotopic (exact) mass is 256 g/mol. The Hall–Kier alpha value is -0.940. The average molecular weight is 256 g/mol. The lowest BCUT2D eigenvalue weighted by Gasteiger charge is -2.29. The van der Waals surface area contributed by atoms with Crippen molar-refractivity contribution >= 4 is 17.3 Å². The van der Waals surface area contributed by atoms with Crippen LogP contribution in [0, 0.1) is 5.41 Å². The number of hydrogen-bond donors (Lipinski definition) is 1. The summed E-state index contributed by atoms with van der Waals surface area (Å²) < 4.78 is 5.16. The number of esters is 1. The summed E-state index contributed by atoms with van der Waals surface area (Å²) in [6.07, 6.45) is 2.21. The molecule has 0 radical (unpaired) electrons. The zero-order valence-electron chi connectivity index (χ0n) is 10.4. The van der Waals surface area contributed by atoms with Gasteiger partial charge < -0.3 is 10.5 Å². The Morgan fingerprint density at radius 3 is 2.82 bits per heavy atom. The van der Waals surface area contributed by atoms with Crippen molar-refractivity contribution in [2.24, 2.45) is 11.1 Å². The van der Waals surface area contributed by atoms with Crippen molar-refractivity contribution < 1.29 is 9.53 Å². The number of carbonyl (C=O) groups is 1. The molecule has 1 unspecified atom stereocenters. The molecule has 1 aromatic rings. The van der Waals surface area contributed by atoms with E-state index in [2.05, 4.69) is 4.98 Å². The van der Waals surface area contributed by atoms with Crippen molar-refractivity contribution in [1.82, 2.24) is 4.98 Å². The normalized spacial score (nSPS) is 14.3. The predicted octanol–water partition coefficient (Wildman–Crippen LogP) is 1.99. The molecule has 17 heavy (non-hydrogen) atoms. The molecule has 1 aromatic heterocycles. The van der Waals surface area contributed by atoms with Crippen molar-refractivity contribution in [3.63, 3.8) is 0 Å². The van der Waals surface area contributed by atoms with Gasteiger partial charge >= 0.3 is 5.97 Å². The lowest BCUT2D eigenvalue weighted by Crippen LogP contribution is -2.42. The molecule has 1 heterocycles. The van der Waals surface area contributed by atoms with Crippen LogP contribution in [0.15, 0.2) is 10.9 Å². The molecule has 0 bridgehead atoms. The number of rotatable bonds is 7. The van der Waals surface area contributed by atoms with Crippen LogP contribution in [0.3, 0.4) is 0 Å². The fraction of sp³-hybridized carbons (Fsp3) is 0.667. The molecule has 2 N–H and O–H groups in total. The first-order valence-corrected chi connectivity index (χ1v) is 6.87. The van der Waals surface area contributed by atoms with Crippen molar-refractivity contribution in [2.45, 2.75) is 33.1 Å². The van der Waals surface area contributed by atoms with Crippen LogP contribution in [0.2, 0.25) is 0 Å². The Labute approximate surface area is 106 Å². The molecule has 0 fully saturated rings. The molecule has 4 nitrogen and oxygen atoms in total. The fourth-order valence-corrected chi connectivity index (χ4v) is 2.51. The van der Waals surface area contributed by atoms with E-state index < -0.39 is 5.41 Å². The fourth-order valence-electron chi connectivity index (χ4n) is 1.95. The van der Waals surface area contributed by atoms with Crippen molar-refractivity contribution in [3.8, 4) is 0 Å². The molecule has 1 rings (SSSR count). The van der Waals surface area contributed by atoms with Crippen molar-refractivity contribution in [3.05, 3.63) is 16.6 Å². The van der Waals surface area contributed by atoms with Gasteiger partial charge in [0.1, 0.15) is 0 Å². The first-order chi connectivity index (χ1) is 8.18. The maximum Gasteiger partial charge on any atom is 0.313 e. The Morgan fingerprint density at radius 1 is 1.59 bits per heavy atom. The minimum absolute atomic E-state index is 0.197. The lowest BCUT2D eigenvalue weighted by molar-refractivity contribution is -0.155. The number of nitrogens with zero attached hydrogens (tertiary/aromatic N) is 1. The Bertz CT molecular complexity index is 340. The van der Waals surface area contributed by atoms with E-state index in [0.717, 1.165) is 18.5 Å². The Morgan fingerprint density at radius 2 is 2.35 bits per heavy atom. The zero-order valence-corrected chi connectivity index (χ0v) is 11.3. The standard InChI is InChI=1S/C12H20N2O2S/c1-3-5-12(8-13,11(15)16-4-2)6-10-7-17-9-14-10/h7,9H,3-6,8,13H2,1-2H3. The van der Waals surface area contributed by atoms with E-state index in [1.54, 1.807) is 5.51 Å². The van der Waals surface area contributed by atoms with Crippen LogP contribution >= 0.6 is 11.3 Å². The summed E-state index contributed by atoms with van der Waals surface area (Å²) in [6, 6.07) is 0. The molecule has 0 aromatic carbocycles. The van der Waals surface area contributed by atoms with E-state index >= 15 is 0 Å². The molecule has 0 saturated carbocycles. The molecule has 0 amide bonds. The minimum atomic E-state index is -0.612. The van der Waals surface area contributed by atoms with Crippen LogP contribution in [0.25, 0.3) is 0 Å². The second kappa shape index (κ2) is 6.71. The first kappa shape index (κ1) is 14.1. The van der Waals surface area contributed by atoms with Gasteiger partial charge in [-0.15, -0.1) is 11.3 Å². The van der Waals surface area contributed by atoms with Gasteiger partial charge in [0.05, 0.1) is 23.2 Å². The Balaban J connectivity index is 2.87. The van der Waals surface area contributed by atoms with Gasteiger partial charge in [0, 0.05) is 18.3 Å². The highest BCUT2D eigenvalue weighted by atomic mass is 32.1. The van der Waals surface area contributed by atoms with Gasteiger partial charge in [-0.2, -0.15) is 0 Å². The SMILES string of the molecule is CCCC(CN)(Cc1cscn1)C(=O)OCC. The van der Waals surface area contributed by atoms with Crippen LogP contribution in [-0.2, 0) is 16.0 Å². The third-order valence-electron chi connectivity index (χ3n) is 2.83. The summed E-state index contributed by atoms with van der Waals surface area (Å²) >= 11 is 1.53. The van der Waals surface area contributed by atoms with Gasteiger partial charge in [-0.05, 0) is 13.3 Å². The van der Waals surface area contributed by atoms with Gasteiger partial charge in [0.15, 0.2) is 0 Å². The second-order valence-electron chi connectivity index (χ2n) is 4.11. The topological polar surface area (TPSA) is 65.2 Å². The second-order valence-corrected chi connectivity index (χ2v) is 4.83. The van der Waals surface area contributed by atoms with E-state index in [0.29, 0.717) is 19.6 Å². The Kier molecular flexibility index (Phi) is 5.58. The number of ether oxygens (including phenoxy) is 1. The maximum absolute atomic E-state index is 12.1. The number of thiazole rings is 1. The highest BCUT2D eigenvalue weighted by Crippen LogP contribution is 2.29. The van der Waals surface area contributed by atoms with Gasteiger partial charge in [-0.3, -0.25) is 4.79 Å². The molecule has 0 saturated heterocycles. The summed E-state index contributed by atoms with van der Waals surface area (Å²) in [4.78, 5) is 16.3. The number of carbonyl (C=O) groups excluding carboxylic acids is 1. The smallest absolute Gasteiger partial charge is 0.313 e. The van der Waals surface area contributed by atoms with E-state index in [9.17, 15) is 4.79 Å². The molecule has 1 atom stereocenters. The number of nitrogens with two attached hydrogens (primary N) is 1. The van der Waals surface area contributed by atoms with Gasteiger partial charge in [0.2, 0.25) is 0 Å². The molecule has 0 aliphatic rings. The van der Waals surface area contributed by atoms with Crippen LogP contribution in [-0.4, -0.2) is 24.1 Å². The van der Waals surface area contributed by atoms with Gasteiger partial charge in [-0.1, -0.05) is 13.3 Å². The summed E-state index contributed by atoms with van der Waals surface area (Å²) in [5.41, 5.74) is 7.89. The molecule has 0 aliphatic carbocycles. The molecular formula is C12H20N2O2S.